The summed E-state index contributed by atoms with van der Waals surface area (Å²) in [5.41, 5.74) is 3.19. The number of benzene rings is 2. The number of amides is 2. The number of fused-ring (bicyclic) bond motifs is 2. The van der Waals surface area contributed by atoms with Gasteiger partial charge < -0.3 is 24.8 Å². The lowest BCUT2D eigenvalue weighted by Crippen LogP contribution is -2.45. The molecule has 2 aromatic rings. The van der Waals surface area contributed by atoms with Crippen molar-refractivity contribution in [3.8, 4) is 17.2 Å². The van der Waals surface area contributed by atoms with Gasteiger partial charge in [-0.1, -0.05) is 26.0 Å². The first kappa shape index (κ1) is 18.5. The Bertz CT molecular complexity index is 881. The predicted octanol–water partition coefficient (Wildman–Crippen LogP) is 3.63. The van der Waals surface area contributed by atoms with Gasteiger partial charge >= 0.3 is 6.03 Å². The Hall–Kier alpha value is -2.89. The molecule has 148 valence electrons. The Morgan fingerprint density at radius 1 is 1.07 bits per heavy atom. The normalized spacial score (nSPS) is 16.5. The van der Waals surface area contributed by atoms with Crippen LogP contribution in [0.4, 0.5) is 4.79 Å². The zero-order valence-corrected chi connectivity index (χ0v) is 16.3. The molecule has 0 aromatic heterocycles. The maximum atomic E-state index is 13.0. The molecule has 0 spiro atoms. The molecular weight excluding hydrogens is 356 g/mol. The fourth-order valence-corrected chi connectivity index (χ4v) is 3.83. The highest BCUT2D eigenvalue weighted by Gasteiger charge is 2.26. The van der Waals surface area contributed by atoms with Gasteiger partial charge in [-0.2, -0.15) is 0 Å². The summed E-state index contributed by atoms with van der Waals surface area (Å²) in [6, 6.07) is 11.0. The number of nitrogens with one attached hydrogen (secondary N) is 1. The van der Waals surface area contributed by atoms with Crippen LogP contribution in [0.2, 0.25) is 0 Å². The van der Waals surface area contributed by atoms with E-state index in [0.717, 1.165) is 29.0 Å². The summed E-state index contributed by atoms with van der Waals surface area (Å²) in [7, 11) is 0. The number of urea groups is 1. The SMILES string of the molecule is CC(C)C(NC(=O)N1CCc2ccc(O)cc2C1)c1ccc2c(c1)OCCO2. The number of phenols is 1. The van der Waals surface area contributed by atoms with Gasteiger partial charge in [0.15, 0.2) is 11.5 Å². The highest BCUT2D eigenvalue weighted by atomic mass is 16.6. The average molecular weight is 382 g/mol. The molecule has 0 saturated heterocycles. The summed E-state index contributed by atoms with van der Waals surface area (Å²) < 4.78 is 11.3. The molecule has 0 aliphatic carbocycles. The molecule has 1 atom stereocenters. The molecule has 0 fully saturated rings. The fraction of sp³-hybridized carbons (Fsp3) is 0.409. The van der Waals surface area contributed by atoms with Crippen molar-refractivity contribution in [3.63, 3.8) is 0 Å². The van der Waals surface area contributed by atoms with E-state index in [4.69, 9.17) is 9.47 Å². The standard InChI is InChI=1S/C22H26N2O4/c1-14(2)21(16-4-6-19-20(12-16)28-10-9-27-19)23-22(26)24-8-7-15-3-5-18(25)11-17(15)13-24/h3-6,11-12,14,21,25H,7-10,13H2,1-2H3,(H,23,26). The Labute approximate surface area is 165 Å². The lowest BCUT2D eigenvalue weighted by Gasteiger charge is -2.32. The second-order valence-electron chi connectivity index (χ2n) is 7.70. The Morgan fingerprint density at radius 3 is 2.64 bits per heavy atom. The zero-order chi connectivity index (χ0) is 19.7. The van der Waals surface area contributed by atoms with Crippen LogP contribution in [-0.2, 0) is 13.0 Å². The molecular formula is C22H26N2O4. The van der Waals surface area contributed by atoms with E-state index in [9.17, 15) is 9.90 Å². The molecule has 4 rings (SSSR count). The van der Waals surface area contributed by atoms with Crippen LogP contribution >= 0.6 is 0 Å². The highest BCUT2D eigenvalue weighted by molar-refractivity contribution is 5.75. The van der Waals surface area contributed by atoms with Gasteiger partial charge in [0.25, 0.3) is 0 Å². The van der Waals surface area contributed by atoms with Crippen molar-refractivity contribution in [2.75, 3.05) is 19.8 Å². The topological polar surface area (TPSA) is 71.0 Å². The number of aromatic hydroxyl groups is 1. The van der Waals surface area contributed by atoms with Gasteiger partial charge in [-0.15, -0.1) is 0 Å². The highest BCUT2D eigenvalue weighted by Crippen LogP contribution is 2.34. The smallest absolute Gasteiger partial charge is 0.318 e. The molecule has 28 heavy (non-hydrogen) atoms. The largest absolute Gasteiger partial charge is 0.508 e. The summed E-state index contributed by atoms with van der Waals surface area (Å²) in [5, 5.41) is 12.9. The third kappa shape index (κ3) is 3.72. The van der Waals surface area contributed by atoms with Crippen LogP contribution in [0.3, 0.4) is 0 Å². The van der Waals surface area contributed by atoms with Crippen LogP contribution in [0.15, 0.2) is 36.4 Å². The minimum atomic E-state index is -0.131. The number of carbonyl (C=O) groups is 1. The van der Waals surface area contributed by atoms with E-state index in [1.54, 1.807) is 17.0 Å². The van der Waals surface area contributed by atoms with E-state index < -0.39 is 0 Å². The van der Waals surface area contributed by atoms with Crippen LogP contribution in [0.25, 0.3) is 0 Å². The summed E-state index contributed by atoms with van der Waals surface area (Å²) in [6.07, 6.45) is 0.791. The van der Waals surface area contributed by atoms with E-state index in [-0.39, 0.29) is 23.7 Å². The zero-order valence-electron chi connectivity index (χ0n) is 16.3. The van der Waals surface area contributed by atoms with E-state index in [2.05, 4.69) is 19.2 Å². The lowest BCUT2D eigenvalue weighted by atomic mass is 9.95. The molecule has 0 bridgehead atoms. The second-order valence-corrected chi connectivity index (χ2v) is 7.70. The first-order chi connectivity index (χ1) is 13.5. The number of carbonyl (C=O) groups excluding carboxylic acids is 1. The van der Waals surface area contributed by atoms with Crippen molar-refractivity contribution in [1.82, 2.24) is 10.2 Å². The average Bonchev–Trinajstić information content (AvgIpc) is 2.70. The molecule has 2 aliphatic heterocycles. The summed E-state index contributed by atoms with van der Waals surface area (Å²) in [4.78, 5) is 14.8. The first-order valence-electron chi connectivity index (χ1n) is 9.77. The van der Waals surface area contributed by atoms with Crippen molar-refractivity contribution < 1.29 is 19.4 Å². The summed E-state index contributed by atoms with van der Waals surface area (Å²) in [6.45, 7) is 6.44. The van der Waals surface area contributed by atoms with Crippen molar-refractivity contribution in [1.29, 1.82) is 0 Å². The monoisotopic (exact) mass is 382 g/mol. The number of nitrogens with zero attached hydrogens (tertiary/aromatic N) is 1. The molecule has 6 nitrogen and oxygen atoms in total. The predicted molar refractivity (Wildman–Crippen MR) is 106 cm³/mol. The van der Waals surface area contributed by atoms with E-state index in [1.165, 1.54) is 5.56 Å². The van der Waals surface area contributed by atoms with Crippen LogP contribution in [0.1, 0.15) is 36.6 Å². The van der Waals surface area contributed by atoms with Crippen molar-refractivity contribution in [2.45, 2.75) is 32.9 Å². The van der Waals surface area contributed by atoms with Crippen LogP contribution in [0.5, 0.6) is 17.2 Å². The van der Waals surface area contributed by atoms with Crippen LogP contribution < -0.4 is 14.8 Å². The number of hydrogen-bond acceptors (Lipinski definition) is 4. The van der Waals surface area contributed by atoms with Gasteiger partial charge in [-0.3, -0.25) is 0 Å². The number of hydrogen-bond donors (Lipinski definition) is 2. The molecule has 0 radical (unpaired) electrons. The first-order valence-corrected chi connectivity index (χ1v) is 9.77. The van der Waals surface area contributed by atoms with E-state index >= 15 is 0 Å². The molecule has 2 aliphatic rings. The molecule has 1 unspecified atom stereocenters. The fourth-order valence-electron chi connectivity index (χ4n) is 3.83. The molecule has 2 heterocycles. The van der Waals surface area contributed by atoms with Gasteiger partial charge in [0.1, 0.15) is 19.0 Å². The lowest BCUT2D eigenvalue weighted by molar-refractivity contribution is 0.170. The van der Waals surface area contributed by atoms with Gasteiger partial charge in [-0.25, -0.2) is 4.79 Å². The maximum Gasteiger partial charge on any atom is 0.318 e. The molecule has 6 heteroatoms. The molecule has 2 aromatic carbocycles. The minimum absolute atomic E-state index is 0.0948. The van der Waals surface area contributed by atoms with Gasteiger partial charge in [0.2, 0.25) is 0 Å². The quantitative estimate of drug-likeness (QED) is 0.850. The third-order valence-electron chi connectivity index (χ3n) is 5.36. The Morgan fingerprint density at radius 2 is 1.86 bits per heavy atom. The van der Waals surface area contributed by atoms with E-state index in [1.807, 2.05) is 24.3 Å². The van der Waals surface area contributed by atoms with Gasteiger partial charge in [0, 0.05) is 13.1 Å². The molecule has 2 N–H and O–H groups in total. The molecule has 0 saturated carbocycles. The maximum absolute atomic E-state index is 13.0. The minimum Gasteiger partial charge on any atom is -0.508 e. The van der Waals surface area contributed by atoms with Crippen molar-refractivity contribution in [2.24, 2.45) is 5.92 Å². The second kappa shape index (κ2) is 7.62. The number of ether oxygens (including phenoxy) is 2. The van der Waals surface area contributed by atoms with Crippen LogP contribution in [0, 0.1) is 5.92 Å². The van der Waals surface area contributed by atoms with E-state index in [0.29, 0.717) is 26.3 Å². The Balaban J connectivity index is 1.50. The Kier molecular flexibility index (Phi) is 5.03. The van der Waals surface area contributed by atoms with Crippen molar-refractivity contribution >= 4 is 6.03 Å². The summed E-state index contributed by atoms with van der Waals surface area (Å²) in [5.74, 6) is 1.92. The van der Waals surface area contributed by atoms with Gasteiger partial charge in [0.05, 0.1) is 6.04 Å². The number of phenolic OH excluding ortho intramolecular Hbond substituents is 1. The van der Waals surface area contributed by atoms with Crippen molar-refractivity contribution in [3.05, 3.63) is 53.1 Å². The summed E-state index contributed by atoms with van der Waals surface area (Å²) >= 11 is 0. The van der Waals surface area contributed by atoms with Gasteiger partial charge in [-0.05, 0) is 53.3 Å². The third-order valence-corrected chi connectivity index (χ3v) is 5.36. The van der Waals surface area contributed by atoms with Crippen LogP contribution in [-0.4, -0.2) is 35.8 Å². The molecule has 2 amide bonds. The number of rotatable bonds is 3.